The smallest absolute Gasteiger partial charge is 0.272 e. The van der Waals surface area contributed by atoms with Gasteiger partial charge in [0.15, 0.2) is 5.69 Å². The second-order valence-electron chi connectivity index (χ2n) is 5.76. The van der Waals surface area contributed by atoms with E-state index in [1.165, 1.54) is 0 Å². The Hall–Kier alpha value is -2.41. The third-order valence-electron chi connectivity index (χ3n) is 3.31. The van der Waals surface area contributed by atoms with Crippen molar-refractivity contribution in [1.29, 1.82) is 0 Å². The number of nitrogens with zero attached hydrogens (tertiary/aromatic N) is 1. The number of nitrogens with two attached hydrogens (primary N) is 1. The average molecular weight is 303 g/mol. The molecule has 7 nitrogen and oxygen atoms in total. The molecule has 0 aliphatic rings. The molecular weight excluding hydrogens is 282 g/mol. The van der Waals surface area contributed by atoms with Crippen molar-refractivity contribution in [2.75, 3.05) is 13.1 Å². The fourth-order valence-corrected chi connectivity index (χ4v) is 2.00. The lowest BCUT2D eigenvalue weighted by Crippen LogP contribution is -2.49. The Morgan fingerprint density at radius 3 is 2.77 bits per heavy atom. The van der Waals surface area contributed by atoms with Crippen molar-refractivity contribution in [3.8, 4) is 0 Å². The van der Waals surface area contributed by atoms with Crippen LogP contribution < -0.4 is 16.4 Å². The summed E-state index contributed by atoms with van der Waals surface area (Å²) < 4.78 is 0. The van der Waals surface area contributed by atoms with Crippen molar-refractivity contribution >= 4 is 22.7 Å². The summed E-state index contributed by atoms with van der Waals surface area (Å²) in [5.41, 5.74) is 6.24. The van der Waals surface area contributed by atoms with Gasteiger partial charge in [-0.15, -0.1) is 0 Å². The number of amides is 2. The largest absolute Gasteiger partial charge is 0.350 e. The molecule has 0 aliphatic heterocycles. The Morgan fingerprint density at radius 1 is 1.32 bits per heavy atom. The van der Waals surface area contributed by atoms with Crippen LogP contribution in [0.4, 0.5) is 0 Å². The monoisotopic (exact) mass is 303 g/mol. The lowest BCUT2D eigenvalue weighted by atomic mass is 10.1. The topological polar surface area (TPSA) is 113 Å². The first-order valence-electron chi connectivity index (χ1n) is 7.15. The SMILES string of the molecule is CC(C)(CN)NC(=O)CCNC(=O)c1n[nH]c2ccccc12. The minimum atomic E-state index is -0.445. The molecule has 1 heterocycles. The predicted molar refractivity (Wildman–Crippen MR) is 84.3 cm³/mol. The maximum absolute atomic E-state index is 12.1. The van der Waals surface area contributed by atoms with E-state index in [2.05, 4.69) is 20.8 Å². The molecule has 0 unspecified atom stereocenters. The van der Waals surface area contributed by atoms with Crippen molar-refractivity contribution in [1.82, 2.24) is 20.8 Å². The van der Waals surface area contributed by atoms with Crippen LogP contribution in [0, 0.1) is 0 Å². The summed E-state index contributed by atoms with van der Waals surface area (Å²) >= 11 is 0. The molecule has 5 N–H and O–H groups in total. The Labute approximate surface area is 128 Å². The number of hydrogen-bond donors (Lipinski definition) is 4. The molecule has 118 valence electrons. The van der Waals surface area contributed by atoms with Crippen LogP contribution in [0.15, 0.2) is 24.3 Å². The average Bonchev–Trinajstić information content (AvgIpc) is 2.90. The number of aromatic nitrogens is 2. The second kappa shape index (κ2) is 6.57. The number of fused-ring (bicyclic) bond motifs is 1. The third kappa shape index (κ3) is 3.82. The number of aromatic amines is 1. The molecule has 0 radical (unpaired) electrons. The summed E-state index contributed by atoms with van der Waals surface area (Å²) in [6, 6.07) is 7.38. The van der Waals surface area contributed by atoms with Crippen LogP contribution in [0.3, 0.4) is 0 Å². The Bertz CT molecular complexity index is 677. The lowest BCUT2D eigenvalue weighted by molar-refractivity contribution is -0.122. The van der Waals surface area contributed by atoms with Gasteiger partial charge < -0.3 is 16.4 Å². The van der Waals surface area contributed by atoms with Gasteiger partial charge in [0.1, 0.15) is 0 Å². The predicted octanol–water partition coefficient (Wildman–Crippen LogP) is 0.536. The number of hydrogen-bond acceptors (Lipinski definition) is 4. The van der Waals surface area contributed by atoms with Crippen molar-refractivity contribution in [3.63, 3.8) is 0 Å². The summed E-state index contributed by atoms with van der Waals surface area (Å²) in [5, 5.41) is 13.1. The lowest BCUT2D eigenvalue weighted by Gasteiger charge is -2.24. The standard InChI is InChI=1S/C15H21N5O2/c1-15(2,9-16)18-12(21)7-8-17-14(22)13-10-5-3-4-6-11(10)19-20-13/h3-6H,7-9,16H2,1-2H3,(H,17,22)(H,18,21)(H,19,20). The molecule has 1 aromatic heterocycles. The first-order chi connectivity index (χ1) is 10.4. The van der Waals surface area contributed by atoms with E-state index in [4.69, 9.17) is 5.73 Å². The van der Waals surface area contributed by atoms with Crippen LogP contribution in [0.1, 0.15) is 30.8 Å². The molecule has 0 saturated heterocycles. The summed E-state index contributed by atoms with van der Waals surface area (Å²) in [6.07, 6.45) is 0.192. The van der Waals surface area contributed by atoms with Crippen LogP contribution >= 0.6 is 0 Å². The second-order valence-corrected chi connectivity index (χ2v) is 5.76. The van der Waals surface area contributed by atoms with E-state index in [1.54, 1.807) is 0 Å². The molecule has 22 heavy (non-hydrogen) atoms. The number of carbonyl (C=O) groups is 2. The van der Waals surface area contributed by atoms with Gasteiger partial charge >= 0.3 is 0 Å². The Balaban J connectivity index is 1.87. The zero-order chi connectivity index (χ0) is 16.2. The van der Waals surface area contributed by atoms with Gasteiger partial charge in [-0.25, -0.2) is 0 Å². The van der Waals surface area contributed by atoms with Gasteiger partial charge in [0.25, 0.3) is 5.91 Å². The first-order valence-corrected chi connectivity index (χ1v) is 7.15. The van der Waals surface area contributed by atoms with Gasteiger partial charge in [-0.05, 0) is 19.9 Å². The zero-order valence-electron chi connectivity index (χ0n) is 12.8. The Kier molecular flexibility index (Phi) is 4.77. The van der Waals surface area contributed by atoms with Crippen molar-refractivity contribution in [2.24, 2.45) is 5.73 Å². The van der Waals surface area contributed by atoms with Gasteiger partial charge in [-0.1, -0.05) is 18.2 Å². The van der Waals surface area contributed by atoms with Gasteiger partial charge in [0.05, 0.1) is 5.52 Å². The van der Waals surface area contributed by atoms with Crippen molar-refractivity contribution in [2.45, 2.75) is 25.8 Å². The highest BCUT2D eigenvalue weighted by Crippen LogP contribution is 2.14. The number of carbonyl (C=O) groups excluding carboxylic acids is 2. The Morgan fingerprint density at radius 2 is 2.05 bits per heavy atom. The summed E-state index contributed by atoms with van der Waals surface area (Å²) in [6.45, 7) is 4.29. The van der Waals surface area contributed by atoms with Gasteiger partial charge in [-0.3, -0.25) is 14.7 Å². The minimum Gasteiger partial charge on any atom is -0.350 e. The molecule has 2 aromatic rings. The summed E-state index contributed by atoms with van der Waals surface area (Å²) in [7, 11) is 0. The van der Waals surface area contributed by atoms with Crippen LogP contribution in [0.2, 0.25) is 0 Å². The molecule has 1 aromatic carbocycles. The van der Waals surface area contributed by atoms with Gasteiger partial charge in [0, 0.05) is 30.4 Å². The first kappa shape index (κ1) is 16.0. The molecule has 0 aliphatic carbocycles. The van der Waals surface area contributed by atoms with E-state index in [0.717, 1.165) is 10.9 Å². The fourth-order valence-electron chi connectivity index (χ4n) is 2.00. The highest BCUT2D eigenvalue weighted by atomic mass is 16.2. The van der Waals surface area contributed by atoms with E-state index in [9.17, 15) is 9.59 Å². The number of para-hydroxylation sites is 1. The van der Waals surface area contributed by atoms with Gasteiger partial charge in [0.2, 0.25) is 5.91 Å². The third-order valence-corrected chi connectivity index (χ3v) is 3.31. The zero-order valence-corrected chi connectivity index (χ0v) is 12.8. The molecule has 0 spiro atoms. The molecule has 0 saturated carbocycles. The molecule has 0 atom stereocenters. The summed E-state index contributed by atoms with van der Waals surface area (Å²) in [4.78, 5) is 23.9. The van der Waals surface area contributed by atoms with Crippen molar-refractivity contribution < 1.29 is 9.59 Å². The van der Waals surface area contributed by atoms with Gasteiger partial charge in [-0.2, -0.15) is 5.10 Å². The molecule has 0 bridgehead atoms. The quantitative estimate of drug-likeness (QED) is 0.623. The van der Waals surface area contributed by atoms with E-state index in [-0.39, 0.29) is 24.8 Å². The number of benzene rings is 1. The highest BCUT2D eigenvalue weighted by Gasteiger charge is 2.18. The normalized spacial score (nSPS) is 11.4. The highest BCUT2D eigenvalue weighted by molar-refractivity contribution is 6.04. The van der Waals surface area contributed by atoms with Crippen LogP contribution in [0.5, 0.6) is 0 Å². The fraction of sp³-hybridized carbons (Fsp3) is 0.400. The summed E-state index contributed by atoms with van der Waals surface area (Å²) in [5.74, 6) is -0.453. The molecule has 0 fully saturated rings. The van der Waals surface area contributed by atoms with Crippen LogP contribution in [-0.2, 0) is 4.79 Å². The van der Waals surface area contributed by atoms with E-state index in [1.807, 2.05) is 38.1 Å². The number of nitrogens with one attached hydrogen (secondary N) is 3. The maximum atomic E-state index is 12.1. The minimum absolute atomic E-state index is 0.150. The molecule has 2 amide bonds. The van der Waals surface area contributed by atoms with E-state index < -0.39 is 5.54 Å². The van der Waals surface area contributed by atoms with E-state index in [0.29, 0.717) is 12.2 Å². The number of rotatable bonds is 6. The molecular formula is C15H21N5O2. The van der Waals surface area contributed by atoms with E-state index >= 15 is 0 Å². The van der Waals surface area contributed by atoms with Crippen LogP contribution in [-0.4, -0.2) is 40.6 Å². The number of H-pyrrole nitrogens is 1. The maximum Gasteiger partial charge on any atom is 0.272 e. The van der Waals surface area contributed by atoms with Crippen molar-refractivity contribution in [3.05, 3.63) is 30.0 Å². The molecule has 2 rings (SSSR count). The van der Waals surface area contributed by atoms with Crippen LogP contribution in [0.25, 0.3) is 10.9 Å². The molecule has 7 heteroatoms.